The van der Waals surface area contributed by atoms with Crippen LogP contribution in [0.4, 0.5) is 19.3 Å². The Kier molecular flexibility index (Phi) is 5.74. The molecule has 0 atom stereocenters. The van der Waals surface area contributed by atoms with Crippen molar-refractivity contribution in [1.82, 2.24) is 5.32 Å². The normalized spacial score (nSPS) is 10.0. The van der Waals surface area contributed by atoms with Gasteiger partial charge >= 0.3 is 6.03 Å². The second-order valence-corrected chi connectivity index (χ2v) is 4.42. The third kappa shape index (κ3) is 4.84. The molecule has 2 N–H and O–H groups in total. The molecule has 0 aromatic heterocycles. The molecule has 0 aliphatic heterocycles. The van der Waals surface area contributed by atoms with Crippen LogP contribution in [0.1, 0.15) is 6.92 Å². The Morgan fingerprint density at radius 3 is 2.48 bits per heavy atom. The van der Waals surface area contributed by atoms with Gasteiger partial charge in [0.1, 0.15) is 11.6 Å². The number of carbonyl (C=O) groups excluding carboxylic acids is 1. The van der Waals surface area contributed by atoms with Gasteiger partial charge in [-0.25, -0.2) is 13.6 Å². The SMILES string of the molecule is CCOc1ccccc1OCNC(=O)Nc1cc(F)ccc1F. The van der Waals surface area contributed by atoms with Crippen LogP contribution in [0, 0.1) is 11.6 Å². The van der Waals surface area contributed by atoms with Crippen molar-refractivity contribution in [1.29, 1.82) is 0 Å². The van der Waals surface area contributed by atoms with E-state index in [0.29, 0.717) is 18.1 Å². The molecule has 0 bridgehead atoms. The number of rotatable bonds is 6. The number of hydrogen-bond acceptors (Lipinski definition) is 3. The summed E-state index contributed by atoms with van der Waals surface area (Å²) in [6.07, 6.45) is 0. The first-order chi connectivity index (χ1) is 11.1. The highest BCUT2D eigenvalue weighted by atomic mass is 19.1. The summed E-state index contributed by atoms with van der Waals surface area (Å²) in [4.78, 5) is 11.7. The van der Waals surface area contributed by atoms with Crippen molar-refractivity contribution in [3.63, 3.8) is 0 Å². The third-order valence-corrected chi connectivity index (χ3v) is 2.79. The lowest BCUT2D eigenvalue weighted by Crippen LogP contribution is -2.32. The van der Waals surface area contributed by atoms with E-state index in [1.54, 1.807) is 24.3 Å². The monoisotopic (exact) mass is 322 g/mol. The van der Waals surface area contributed by atoms with Crippen LogP contribution in [-0.4, -0.2) is 19.4 Å². The molecule has 0 aliphatic rings. The number of urea groups is 1. The van der Waals surface area contributed by atoms with Crippen molar-refractivity contribution >= 4 is 11.7 Å². The lowest BCUT2D eigenvalue weighted by molar-refractivity contribution is 0.229. The second kappa shape index (κ2) is 7.98. The number of nitrogens with one attached hydrogen (secondary N) is 2. The van der Waals surface area contributed by atoms with Crippen LogP contribution in [-0.2, 0) is 0 Å². The summed E-state index contributed by atoms with van der Waals surface area (Å²) >= 11 is 0. The molecule has 122 valence electrons. The molecule has 7 heteroatoms. The van der Waals surface area contributed by atoms with Gasteiger partial charge in [0.2, 0.25) is 0 Å². The average molecular weight is 322 g/mol. The van der Waals surface area contributed by atoms with Gasteiger partial charge in [0, 0.05) is 6.07 Å². The molecule has 0 saturated heterocycles. The molecular weight excluding hydrogens is 306 g/mol. The van der Waals surface area contributed by atoms with E-state index < -0.39 is 17.7 Å². The number of halogens is 2. The van der Waals surface area contributed by atoms with Crippen molar-refractivity contribution in [3.05, 3.63) is 54.1 Å². The van der Waals surface area contributed by atoms with Gasteiger partial charge in [-0.05, 0) is 31.2 Å². The van der Waals surface area contributed by atoms with Gasteiger partial charge in [-0.1, -0.05) is 12.1 Å². The van der Waals surface area contributed by atoms with E-state index in [4.69, 9.17) is 9.47 Å². The number of para-hydroxylation sites is 2. The molecule has 0 fully saturated rings. The zero-order valence-corrected chi connectivity index (χ0v) is 12.4. The molecule has 0 spiro atoms. The van der Waals surface area contributed by atoms with Crippen LogP contribution in [0.25, 0.3) is 0 Å². The first-order valence-electron chi connectivity index (χ1n) is 6.94. The van der Waals surface area contributed by atoms with Crippen molar-refractivity contribution < 1.29 is 23.0 Å². The van der Waals surface area contributed by atoms with Gasteiger partial charge in [0.15, 0.2) is 18.2 Å². The molecule has 0 heterocycles. The van der Waals surface area contributed by atoms with Gasteiger partial charge in [0.25, 0.3) is 0 Å². The molecule has 2 aromatic carbocycles. The number of anilines is 1. The summed E-state index contributed by atoms with van der Waals surface area (Å²) < 4.78 is 37.2. The number of benzene rings is 2. The van der Waals surface area contributed by atoms with E-state index in [0.717, 1.165) is 18.2 Å². The number of carbonyl (C=O) groups is 1. The Bertz CT molecular complexity index is 680. The standard InChI is InChI=1S/C16H16F2N2O3/c1-2-22-14-5-3-4-6-15(14)23-10-19-16(21)20-13-9-11(17)7-8-12(13)18/h3-9H,2,10H2,1H3,(H2,19,20,21). The molecule has 2 rings (SSSR count). The molecule has 2 amide bonds. The lowest BCUT2D eigenvalue weighted by atomic mass is 10.3. The number of hydrogen-bond donors (Lipinski definition) is 2. The summed E-state index contributed by atoms with van der Waals surface area (Å²) in [6.45, 7) is 2.16. The predicted molar refractivity (Wildman–Crippen MR) is 81.6 cm³/mol. The van der Waals surface area contributed by atoms with E-state index in [9.17, 15) is 13.6 Å². The van der Waals surface area contributed by atoms with Gasteiger partial charge in [0.05, 0.1) is 12.3 Å². The average Bonchev–Trinajstić information content (AvgIpc) is 2.53. The van der Waals surface area contributed by atoms with Crippen LogP contribution >= 0.6 is 0 Å². The molecule has 23 heavy (non-hydrogen) atoms. The van der Waals surface area contributed by atoms with Crippen LogP contribution < -0.4 is 20.1 Å². The summed E-state index contributed by atoms with van der Waals surface area (Å²) in [5.41, 5.74) is -0.253. The first kappa shape index (κ1) is 16.5. The van der Waals surface area contributed by atoms with E-state index in [-0.39, 0.29) is 12.4 Å². The van der Waals surface area contributed by atoms with Crippen LogP contribution in [0.3, 0.4) is 0 Å². The van der Waals surface area contributed by atoms with Crippen LogP contribution in [0.2, 0.25) is 0 Å². The molecule has 5 nitrogen and oxygen atoms in total. The molecule has 0 aliphatic carbocycles. The highest BCUT2D eigenvalue weighted by Crippen LogP contribution is 2.25. The third-order valence-electron chi connectivity index (χ3n) is 2.79. The van der Waals surface area contributed by atoms with Gasteiger partial charge < -0.3 is 20.1 Å². The topological polar surface area (TPSA) is 59.6 Å². The number of amides is 2. The highest BCUT2D eigenvalue weighted by molar-refractivity contribution is 5.89. The highest BCUT2D eigenvalue weighted by Gasteiger charge is 2.08. The Hall–Kier alpha value is -2.83. The van der Waals surface area contributed by atoms with Crippen LogP contribution in [0.15, 0.2) is 42.5 Å². The Balaban J connectivity index is 1.87. The van der Waals surface area contributed by atoms with E-state index in [1.807, 2.05) is 6.92 Å². The van der Waals surface area contributed by atoms with E-state index in [2.05, 4.69) is 10.6 Å². The zero-order valence-electron chi connectivity index (χ0n) is 12.4. The fourth-order valence-electron chi connectivity index (χ4n) is 1.78. The first-order valence-corrected chi connectivity index (χ1v) is 6.94. The minimum Gasteiger partial charge on any atom is -0.490 e. The van der Waals surface area contributed by atoms with Crippen molar-refractivity contribution in [2.24, 2.45) is 0 Å². The summed E-state index contributed by atoms with van der Waals surface area (Å²) in [5.74, 6) is -0.368. The van der Waals surface area contributed by atoms with E-state index >= 15 is 0 Å². The van der Waals surface area contributed by atoms with Crippen molar-refractivity contribution in [2.45, 2.75) is 6.92 Å². The fourth-order valence-corrected chi connectivity index (χ4v) is 1.78. The predicted octanol–water partition coefficient (Wildman–Crippen LogP) is 3.52. The lowest BCUT2D eigenvalue weighted by Gasteiger charge is -2.12. The largest absolute Gasteiger partial charge is 0.490 e. The minimum atomic E-state index is -0.732. The van der Waals surface area contributed by atoms with Gasteiger partial charge in [-0.15, -0.1) is 0 Å². The quantitative estimate of drug-likeness (QED) is 0.800. The smallest absolute Gasteiger partial charge is 0.321 e. The van der Waals surface area contributed by atoms with Gasteiger partial charge in [-0.3, -0.25) is 0 Å². The summed E-state index contributed by atoms with van der Waals surface area (Å²) in [7, 11) is 0. The minimum absolute atomic E-state index is 0.160. The second-order valence-electron chi connectivity index (χ2n) is 4.42. The van der Waals surface area contributed by atoms with Crippen molar-refractivity contribution in [3.8, 4) is 11.5 Å². The van der Waals surface area contributed by atoms with E-state index in [1.165, 1.54) is 0 Å². The molecule has 0 saturated carbocycles. The Morgan fingerprint density at radius 1 is 1.09 bits per heavy atom. The van der Waals surface area contributed by atoms with Crippen LogP contribution in [0.5, 0.6) is 11.5 Å². The molecule has 2 aromatic rings. The molecule has 0 radical (unpaired) electrons. The molecular formula is C16H16F2N2O3. The Labute approximate surface area is 132 Å². The summed E-state index contributed by atoms with van der Waals surface area (Å²) in [5, 5.41) is 4.58. The zero-order chi connectivity index (χ0) is 16.7. The van der Waals surface area contributed by atoms with Gasteiger partial charge in [-0.2, -0.15) is 0 Å². The number of ether oxygens (including phenoxy) is 2. The maximum absolute atomic E-state index is 13.4. The summed E-state index contributed by atoms with van der Waals surface area (Å²) in [6, 6.07) is 9.05. The van der Waals surface area contributed by atoms with Crippen molar-refractivity contribution in [2.75, 3.05) is 18.7 Å². The maximum atomic E-state index is 13.4. The molecule has 0 unspecified atom stereocenters. The maximum Gasteiger partial charge on any atom is 0.321 e. The fraction of sp³-hybridized carbons (Fsp3) is 0.188. The Morgan fingerprint density at radius 2 is 1.78 bits per heavy atom.